The molecule has 2 aromatic heterocycles. The number of aliphatic carboxylic acids is 1. The molecule has 0 aliphatic heterocycles. The SMILES string of the molecule is O=C(O)CC(c1ccccc1)c1c[nH]c2cc(OCCCNc3ccccn3)ccc12. The van der Waals surface area contributed by atoms with E-state index in [2.05, 4.69) is 15.3 Å². The Labute approximate surface area is 180 Å². The predicted octanol–water partition coefficient (Wildman–Crippen LogP) is 5.05. The summed E-state index contributed by atoms with van der Waals surface area (Å²) in [4.78, 5) is 19.0. The molecule has 0 amide bonds. The minimum atomic E-state index is -0.817. The maximum absolute atomic E-state index is 11.5. The monoisotopic (exact) mass is 415 g/mol. The van der Waals surface area contributed by atoms with Crippen molar-refractivity contribution >= 4 is 22.7 Å². The molecular formula is C25H25N3O3. The molecule has 6 nitrogen and oxygen atoms in total. The maximum Gasteiger partial charge on any atom is 0.304 e. The van der Waals surface area contributed by atoms with Crippen LogP contribution in [0.2, 0.25) is 0 Å². The summed E-state index contributed by atoms with van der Waals surface area (Å²) in [5, 5.41) is 13.7. The van der Waals surface area contributed by atoms with Gasteiger partial charge in [-0.1, -0.05) is 36.4 Å². The molecular weight excluding hydrogens is 390 g/mol. The van der Waals surface area contributed by atoms with Gasteiger partial charge >= 0.3 is 5.97 Å². The number of anilines is 1. The fourth-order valence-corrected chi connectivity index (χ4v) is 3.72. The van der Waals surface area contributed by atoms with Crippen LogP contribution in [-0.2, 0) is 4.79 Å². The summed E-state index contributed by atoms with van der Waals surface area (Å²) < 4.78 is 5.90. The van der Waals surface area contributed by atoms with Crippen molar-refractivity contribution in [3.8, 4) is 5.75 Å². The van der Waals surface area contributed by atoms with E-state index in [0.29, 0.717) is 6.61 Å². The van der Waals surface area contributed by atoms with Gasteiger partial charge in [-0.15, -0.1) is 0 Å². The van der Waals surface area contributed by atoms with Crippen molar-refractivity contribution in [2.75, 3.05) is 18.5 Å². The molecule has 6 heteroatoms. The number of hydrogen-bond donors (Lipinski definition) is 3. The molecule has 0 bridgehead atoms. The second-order valence-corrected chi connectivity index (χ2v) is 7.36. The first kappa shape index (κ1) is 20.5. The third kappa shape index (κ3) is 5.22. The molecule has 31 heavy (non-hydrogen) atoms. The number of hydrogen-bond acceptors (Lipinski definition) is 4. The Hall–Kier alpha value is -3.80. The smallest absolute Gasteiger partial charge is 0.304 e. The largest absolute Gasteiger partial charge is 0.493 e. The van der Waals surface area contributed by atoms with Crippen LogP contribution < -0.4 is 10.1 Å². The summed E-state index contributed by atoms with van der Waals surface area (Å²) in [6.45, 7) is 1.37. The number of ether oxygens (including phenoxy) is 1. The highest BCUT2D eigenvalue weighted by molar-refractivity contribution is 5.86. The van der Waals surface area contributed by atoms with Gasteiger partial charge in [0.15, 0.2) is 0 Å². The zero-order valence-electron chi connectivity index (χ0n) is 17.1. The average molecular weight is 415 g/mol. The lowest BCUT2D eigenvalue weighted by molar-refractivity contribution is -0.137. The van der Waals surface area contributed by atoms with E-state index in [1.54, 1.807) is 6.20 Å². The number of aromatic amines is 1. The molecule has 2 aromatic carbocycles. The number of rotatable bonds is 10. The van der Waals surface area contributed by atoms with Gasteiger partial charge in [0.1, 0.15) is 11.6 Å². The standard InChI is InChI=1S/C25H25N3O3/c29-25(30)16-21(18-7-2-1-3-8-18)22-17-28-23-15-19(10-11-20(22)23)31-14-6-13-27-24-9-4-5-12-26-24/h1-5,7-12,15,17,21,28H,6,13-14,16H2,(H,26,27)(H,29,30). The van der Waals surface area contributed by atoms with Gasteiger partial charge in [-0.05, 0) is 41.8 Å². The Morgan fingerprint density at radius 3 is 2.71 bits per heavy atom. The fourth-order valence-electron chi connectivity index (χ4n) is 3.72. The highest BCUT2D eigenvalue weighted by Crippen LogP contribution is 2.34. The minimum absolute atomic E-state index is 0.0402. The van der Waals surface area contributed by atoms with Crippen LogP contribution in [0, 0.1) is 0 Å². The average Bonchev–Trinajstić information content (AvgIpc) is 3.21. The number of benzene rings is 2. The topological polar surface area (TPSA) is 87.2 Å². The number of nitrogens with zero attached hydrogens (tertiary/aromatic N) is 1. The second kappa shape index (κ2) is 9.80. The van der Waals surface area contributed by atoms with Gasteiger partial charge in [-0.2, -0.15) is 0 Å². The van der Waals surface area contributed by atoms with Crippen LogP contribution in [0.5, 0.6) is 5.75 Å². The quantitative estimate of drug-likeness (QED) is 0.316. The normalized spacial score (nSPS) is 11.9. The van der Waals surface area contributed by atoms with Gasteiger partial charge in [-0.3, -0.25) is 4.79 Å². The zero-order chi connectivity index (χ0) is 21.5. The first-order chi connectivity index (χ1) is 15.2. The fraction of sp³-hybridized carbons (Fsp3) is 0.200. The maximum atomic E-state index is 11.5. The Morgan fingerprint density at radius 1 is 1.10 bits per heavy atom. The number of fused-ring (bicyclic) bond motifs is 1. The predicted molar refractivity (Wildman–Crippen MR) is 122 cm³/mol. The van der Waals surface area contributed by atoms with Crippen molar-refractivity contribution in [3.05, 3.63) is 90.3 Å². The molecule has 4 aromatic rings. The van der Waals surface area contributed by atoms with Gasteiger partial charge in [0.25, 0.3) is 0 Å². The Bertz CT molecular complexity index is 1130. The van der Waals surface area contributed by atoms with Crippen LogP contribution >= 0.6 is 0 Å². The molecule has 0 spiro atoms. The van der Waals surface area contributed by atoms with Crippen LogP contribution in [0.1, 0.15) is 29.9 Å². The first-order valence-corrected chi connectivity index (χ1v) is 10.4. The molecule has 0 aliphatic rings. The molecule has 0 radical (unpaired) electrons. The van der Waals surface area contributed by atoms with E-state index in [0.717, 1.165) is 46.6 Å². The van der Waals surface area contributed by atoms with Crippen molar-refractivity contribution in [3.63, 3.8) is 0 Å². The number of nitrogens with one attached hydrogen (secondary N) is 2. The summed E-state index contributed by atoms with van der Waals surface area (Å²) in [6, 6.07) is 21.4. The molecule has 2 heterocycles. The summed E-state index contributed by atoms with van der Waals surface area (Å²) in [7, 11) is 0. The lowest BCUT2D eigenvalue weighted by Gasteiger charge is -2.15. The van der Waals surface area contributed by atoms with Crippen LogP contribution in [0.25, 0.3) is 10.9 Å². The second-order valence-electron chi connectivity index (χ2n) is 7.36. The Morgan fingerprint density at radius 2 is 1.94 bits per heavy atom. The molecule has 4 rings (SSSR count). The third-order valence-electron chi connectivity index (χ3n) is 5.20. The van der Waals surface area contributed by atoms with E-state index in [4.69, 9.17) is 4.74 Å². The van der Waals surface area contributed by atoms with Gasteiger partial charge in [0.2, 0.25) is 0 Å². The highest BCUT2D eigenvalue weighted by Gasteiger charge is 2.21. The minimum Gasteiger partial charge on any atom is -0.493 e. The number of pyridine rings is 1. The molecule has 1 unspecified atom stereocenters. The summed E-state index contributed by atoms with van der Waals surface area (Å²) in [6.07, 6.45) is 4.56. The molecule has 1 atom stereocenters. The number of carboxylic acid groups (broad SMARTS) is 1. The van der Waals surface area contributed by atoms with E-state index < -0.39 is 5.97 Å². The molecule has 0 saturated heterocycles. The Kier molecular flexibility index (Phi) is 6.47. The lowest BCUT2D eigenvalue weighted by atomic mass is 9.88. The van der Waals surface area contributed by atoms with Crippen molar-refractivity contribution in [1.29, 1.82) is 0 Å². The summed E-state index contributed by atoms with van der Waals surface area (Å²) >= 11 is 0. The molecule has 158 valence electrons. The summed E-state index contributed by atoms with van der Waals surface area (Å²) in [5.41, 5.74) is 2.91. The molecule has 3 N–H and O–H groups in total. The highest BCUT2D eigenvalue weighted by atomic mass is 16.5. The lowest BCUT2D eigenvalue weighted by Crippen LogP contribution is -2.08. The molecule has 0 saturated carbocycles. The van der Waals surface area contributed by atoms with E-state index in [1.165, 1.54) is 0 Å². The van der Waals surface area contributed by atoms with E-state index in [9.17, 15) is 9.90 Å². The van der Waals surface area contributed by atoms with Gasteiger partial charge in [0, 0.05) is 41.8 Å². The molecule has 0 aliphatic carbocycles. The van der Waals surface area contributed by atoms with Gasteiger partial charge < -0.3 is 20.1 Å². The van der Waals surface area contributed by atoms with Gasteiger partial charge in [-0.25, -0.2) is 4.98 Å². The molecule has 0 fully saturated rings. The zero-order valence-corrected chi connectivity index (χ0v) is 17.1. The number of carbonyl (C=O) groups is 1. The number of H-pyrrole nitrogens is 1. The van der Waals surface area contributed by atoms with Crippen molar-refractivity contribution in [2.24, 2.45) is 0 Å². The number of carboxylic acids is 1. The Balaban J connectivity index is 1.41. The van der Waals surface area contributed by atoms with Gasteiger partial charge in [0.05, 0.1) is 13.0 Å². The number of aromatic nitrogens is 2. The van der Waals surface area contributed by atoms with Crippen molar-refractivity contribution in [2.45, 2.75) is 18.8 Å². The third-order valence-corrected chi connectivity index (χ3v) is 5.20. The van der Waals surface area contributed by atoms with E-state index in [-0.39, 0.29) is 12.3 Å². The van der Waals surface area contributed by atoms with E-state index >= 15 is 0 Å². The summed E-state index contributed by atoms with van der Waals surface area (Å²) in [5.74, 6) is 0.616. The van der Waals surface area contributed by atoms with Crippen molar-refractivity contribution < 1.29 is 14.6 Å². The first-order valence-electron chi connectivity index (χ1n) is 10.4. The van der Waals surface area contributed by atoms with Crippen LogP contribution in [0.15, 0.2) is 79.1 Å². The van der Waals surface area contributed by atoms with E-state index in [1.807, 2.05) is 72.9 Å². The van der Waals surface area contributed by atoms with Crippen LogP contribution in [-0.4, -0.2) is 34.2 Å². The van der Waals surface area contributed by atoms with Crippen LogP contribution in [0.3, 0.4) is 0 Å². The van der Waals surface area contributed by atoms with Crippen molar-refractivity contribution in [1.82, 2.24) is 9.97 Å². The van der Waals surface area contributed by atoms with Crippen LogP contribution in [0.4, 0.5) is 5.82 Å².